The Morgan fingerprint density at radius 2 is 1.90 bits per heavy atom. The van der Waals surface area contributed by atoms with Crippen LogP contribution < -0.4 is 5.32 Å². The van der Waals surface area contributed by atoms with Gasteiger partial charge in [0.05, 0.1) is 18.9 Å². The molecule has 2 atom stereocenters. The van der Waals surface area contributed by atoms with Crippen molar-refractivity contribution in [2.75, 3.05) is 6.61 Å². The number of benzene rings is 1. The highest BCUT2D eigenvalue weighted by Gasteiger charge is 2.46. The fraction of sp³-hybridized carbons (Fsp3) is 0.400. The summed E-state index contributed by atoms with van der Waals surface area (Å²) < 4.78 is 9.93. The second-order valence-corrected chi connectivity index (χ2v) is 4.70. The maximum absolute atomic E-state index is 11.9. The van der Waals surface area contributed by atoms with E-state index in [2.05, 4.69) is 5.32 Å². The van der Waals surface area contributed by atoms with Crippen LogP contribution in [-0.4, -0.2) is 30.5 Å². The van der Waals surface area contributed by atoms with E-state index in [0.29, 0.717) is 0 Å². The Bertz CT molecular complexity index is 528. The van der Waals surface area contributed by atoms with Gasteiger partial charge in [0.2, 0.25) is 5.91 Å². The summed E-state index contributed by atoms with van der Waals surface area (Å²) in [7, 11) is 0. The van der Waals surface area contributed by atoms with Gasteiger partial charge >= 0.3 is 11.9 Å². The zero-order valence-corrected chi connectivity index (χ0v) is 11.7. The van der Waals surface area contributed by atoms with E-state index in [1.54, 1.807) is 6.92 Å². The third kappa shape index (κ3) is 3.81. The van der Waals surface area contributed by atoms with Crippen molar-refractivity contribution in [3.05, 3.63) is 35.9 Å². The summed E-state index contributed by atoms with van der Waals surface area (Å²) in [6.45, 7) is 2.07. The van der Waals surface area contributed by atoms with Crippen LogP contribution in [0.4, 0.5) is 0 Å². The van der Waals surface area contributed by atoms with Crippen LogP contribution >= 0.6 is 0 Å². The molecule has 0 spiro atoms. The molecule has 0 radical (unpaired) electrons. The van der Waals surface area contributed by atoms with Gasteiger partial charge in [-0.05, 0) is 12.5 Å². The van der Waals surface area contributed by atoms with Crippen LogP contribution in [0.15, 0.2) is 30.3 Å². The molecule has 1 amide bonds. The Hall–Kier alpha value is -2.37. The zero-order valence-electron chi connectivity index (χ0n) is 11.7. The van der Waals surface area contributed by atoms with E-state index in [4.69, 9.17) is 9.47 Å². The Labute approximate surface area is 122 Å². The van der Waals surface area contributed by atoms with Gasteiger partial charge in [0, 0.05) is 0 Å². The molecule has 0 aromatic heterocycles. The third-order valence-corrected chi connectivity index (χ3v) is 3.21. The molecule has 6 nitrogen and oxygen atoms in total. The summed E-state index contributed by atoms with van der Waals surface area (Å²) in [6.07, 6.45) is -0.106. The van der Waals surface area contributed by atoms with Crippen molar-refractivity contribution in [3.8, 4) is 0 Å². The Kier molecular flexibility index (Phi) is 4.92. The molecule has 1 aliphatic heterocycles. The highest BCUT2D eigenvalue weighted by atomic mass is 16.5. The molecule has 1 aliphatic rings. The normalized spacial score (nSPS) is 20.1. The Balaban J connectivity index is 1.84. The predicted molar refractivity (Wildman–Crippen MR) is 72.9 cm³/mol. The number of hydrogen-bond donors (Lipinski definition) is 1. The number of carbonyl (C=O) groups is 3. The van der Waals surface area contributed by atoms with E-state index < -0.39 is 23.9 Å². The van der Waals surface area contributed by atoms with Crippen molar-refractivity contribution in [1.82, 2.24) is 5.32 Å². The number of carbonyl (C=O) groups excluding carboxylic acids is 3. The van der Waals surface area contributed by atoms with Gasteiger partial charge in [-0.25, -0.2) is 4.79 Å². The van der Waals surface area contributed by atoms with E-state index in [0.717, 1.165) is 5.56 Å². The van der Waals surface area contributed by atoms with Gasteiger partial charge < -0.3 is 14.8 Å². The summed E-state index contributed by atoms with van der Waals surface area (Å²) in [6, 6.07) is 8.46. The number of amides is 1. The van der Waals surface area contributed by atoms with Crippen LogP contribution in [0.3, 0.4) is 0 Å². The van der Waals surface area contributed by atoms with Gasteiger partial charge in [-0.2, -0.15) is 0 Å². The minimum atomic E-state index is -0.773. The molecule has 1 saturated heterocycles. The van der Waals surface area contributed by atoms with E-state index in [1.807, 2.05) is 30.3 Å². The van der Waals surface area contributed by atoms with Crippen molar-refractivity contribution in [3.63, 3.8) is 0 Å². The average molecular weight is 291 g/mol. The summed E-state index contributed by atoms with van der Waals surface area (Å²) >= 11 is 0. The van der Waals surface area contributed by atoms with Crippen molar-refractivity contribution in [1.29, 1.82) is 0 Å². The molecule has 0 unspecified atom stereocenters. The van der Waals surface area contributed by atoms with Crippen LogP contribution in [0.2, 0.25) is 0 Å². The number of rotatable bonds is 6. The molecule has 1 aromatic carbocycles. The SMILES string of the molecule is CCOC(=O)C[C@@H]1C(=O)N[C@@H]1C(=O)OCc1ccccc1. The van der Waals surface area contributed by atoms with Crippen molar-refractivity contribution < 1.29 is 23.9 Å². The second-order valence-electron chi connectivity index (χ2n) is 4.70. The first kappa shape index (κ1) is 15.0. The Morgan fingerprint density at radius 1 is 1.19 bits per heavy atom. The smallest absolute Gasteiger partial charge is 0.329 e. The molecule has 112 valence electrons. The lowest BCUT2D eigenvalue weighted by molar-refractivity contribution is -0.161. The van der Waals surface area contributed by atoms with Crippen molar-refractivity contribution in [2.24, 2.45) is 5.92 Å². The summed E-state index contributed by atoms with van der Waals surface area (Å²) in [5, 5.41) is 2.46. The first-order valence-electron chi connectivity index (χ1n) is 6.78. The second kappa shape index (κ2) is 6.88. The van der Waals surface area contributed by atoms with Crippen molar-refractivity contribution >= 4 is 17.8 Å². The lowest BCUT2D eigenvalue weighted by Crippen LogP contribution is -2.62. The minimum absolute atomic E-state index is 0.106. The number of β-lactam (4-membered cyclic amide) rings is 1. The van der Waals surface area contributed by atoms with Gasteiger partial charge in [-0.1, -0.05) is 30.3 Å². The van der Waals surface area contributed by atoms with Crippen LogP contribution in [0, 0.1) is 5.92 Å². The number of esters is 2. The molecule has 1 heterocycles. The third-order valence-electron chi connectivity index (χ3n) is 3.21. The zero-order chi connectivity index (χ0) is 15.2. The maximum Gasteiger partial charge on any atom is 0.329 e. The van der Waals surface area contributed by atoms with Crippen LogP contribution in [0.5, 0.6) is 0 Å². The van der Waals surface area contributed by atoms with Crippen LogP contribution in [0.1, 0.15) is 18.9 Å². The first-order chi connectivity index (χ1) is 10.1. The minimum Gasteiger partial charge on any atom is -0.466 e. The molecule has 21 heavy (non-hydrogen) atoms. The van der Waals surface area contributed by atoms with Gasteiger partial charge in [0.15, 0.2) is 0 Å². The topological polar surface area (TPSA) is 81.7 Å². The fourth-order valence-electron chi connectivity index (χ4n) is 2.07. The Morgan fingerprint density at radius 3 is 2.52 bits per heavy atom. The molecule has 1 aromatic rings. The lowest BCUT2D eigenvalue weighted by atomic mass is 9.87. The van der Waals surface area contributed by atoms with Gasteiger partial charge in [-0.3, -0.25) is 9.59 Å². The fourth-order valence-corrected chi connectivity index (χ4v) is 2.07. The molecule has 1 N–H and O–H groups in total. The monoisotopic (exact) mass is 291 g/mol. The molecule has 0 aliphatic carbocycles. The van der Waals surface area contributed by atoms with Crippen molar-refractivity contribution in [2.45, 2.75) is 26.0 Å². The lowest BCUT2D eigenvalue weighted by Gasteiger charge is -2.34. The van der Waals surface area contributed by atoms with E-state index in [-0.39, 0.29) is 25.5 Å². The molecular weight excluding hydrogens is 274 g/mol. The molecule has 2 rings (SSSR count). The molecule has 6 heteroatoms. The highest BCUT2D eigenvalue weighted by molar-refractivity contribution is 5.99. The van der Waals surface area contributed by atoms with E-state index in [1.165, 1.54) is 0 Å². The van der Waals surface area contributed by atoms with Crippen LogP contribution in [-0.2, 0) is 30.5 Å². The van der Waals surface area contributed by atoms with Crippen LogP contribution in [0.25, 0.3) is 0 Å². The number of ether oxygens (including phenoxy) is 2. The molecular formula is C15H17NO5. The summed E-state index contributed by atoms with van der Waals surface area (Å²) in [5.74, 6) is -2.05. The van der Waals surface area contributed by atoms with Gasteiger partial charge in [0.1, 0.15) is 12.6 Å². The molecule has 1 fully saturated rings. The number of hydrogen-bond acceptors (Lipinski definition) is 5. The maximum atomic E-state index is 11.9. The average Bonchev–Trinajstić information content (AvgIpc) is 2.49. The van der Waals surface area contributed by atoms with E-state index >= 15 is 0 Å². The standard InChI is InChI=1S/C15H17NO5/c1-2-20-12(17)8-11-13(16-14(11)18)15(19)21-9-10-6-4-3-5-7-10/h3-7,11,13H,2,8-9H2,1H3,(H,16,18)/t11-,13-/m0/s1. The highest BCUT2D eigenvalue weighted by Crippen LogP contribution is 2.21. The summed E-state index contributed by atoms with van der Waals surface area (Å²) in [5.41, 5.74) is 0.860. The quantitative estimate of drug-likeness (QED) is 0.619. The predicted octanol–water partition coefficient (Wildman–Crippen LogP) is 0.798. The van der Waals surface area contributed by atoms with Gasteiger partial charge in [-0.15, -0.1) is 0 Å². The molecule has 0 bridgehead atoms. The largest absolute Gasteiger partial charge is 0.466 e. The van der Waals surface area contributed by atoms with Gasteiger partial charge in [0.25, 0.3) is 0 Å². The van der Waals surface area contributed by atoms with E-state index in [9.17, 15) is 14.4 Å². The summed E-state index contributed by atoms with van der Waals surface area (Å²) in [4.78, 5) is 34.7. The number of nitrogens with one attached hydrogen (secondary N) is 1. The first-order valence-corrected chi connectivity index (χ1v) is 6.78. The molecule has 0 saturated carbocycles.